The van der Waals surface area contributed by atoms with E-state index in [1.54, 1.807) is 38.1 Å². The van der Waals surface area contributed by atoms with Gasteiger partial charge in [0.2, 0.25) is 0 Å². The quantitative estimate of drug-likeness (QED) is 0.406. The number of amides is 2. The van der Waals surface area contributed by atoms with Gasteiger partial charge in [-0.05, 0) is 31.5 Å². The standard InChI is InChI=1S/C25H26FN3O4/c1-5-28-19-9-7-6-8-17(19)25(24(28)33)20(21(30)16-11-10-15(2)18(26)14-16)22(31)23(32)29(25)13-12-27(3)4/h6-11,14,30H,5,12-13H2,1-4H3/p+1. The average molecular weight is 453 g/mol. The summed E-state index contributed by atoms with van der Waals surface area (Å²) >= 11 is 0. The molecule has 0 saturated carbocycles. The van der Waals surface area contributed by atoms with Crippen molar-refractivity contribution in [3.63, 3.8) is 0 Å². The fourth-order valence-corrected chi connectivity index (χ4v) is 4.70. The van der Waals surface area contributed by atoms with E-state index in [2.05, 4.69) is 0 Å². The molecule has 1 unspecified atom stereocenters. The molecule has 2 aromatic carbocycles. The van der Waals surface area contributed by atoms with Crippen molar-refractivity contribution >= 4 is 29.0 Å². The number of hydrogen-bond donors (Lipinski definition) is 2. The lowest BCUT2D eigenvalue weighted by Crippen LogP contribution is -3.06. The van der Waals surface area contributed by atoms with E-state index in [1.165, 1.54) is 21.9 Å². The number of rotatable bonds is 5. The average Bonchev–Trinajstić information content (AvgIpc) is 3.16. The third-order valence-corrected chi connectivity index (χ3v) is 6.41. The second-order valence-electron chi connectivity index (χ2n) is 8.71. The van der Waals surface area contributed by atoms with Crippen molar-refractivity contribution < 1.29 is 28.8 Å². The molecular weight excluding hydrogens is 425 g/mol. The molecule has 2 aliphatic rings. The summed E-state index contributed by atoms with van der Waals surface area (Å²) in [7, 11) is 3.81. The molecular formula is C25H27FN3O4+. The summed E-state index contributed by atoms with van der Waals surface area (Å²) in [4.78, 5) is 44.4. The fourth-order valence-electron chi connectivity index (χ4n) is 4.70. The van der Waals surface area contributed by atoms with Gasteiger partial charge in [-0.15, -0.1) is 0 Å². The molecule has 1 spiro atoms. The third-order valence-electron chi connectivity index (χ3n) is 6.41. The molecule has 0 radical (unpaired) electrons. The third kappa shape index (κ3) is 3.16. The zero-order valence-electron chi connectivity index (χ0n) is 19.1. The number of halogens is 1. The number of fused-ring (bicyclic) bond motifs is 2. The molecule has 1 atom stereocenters. The Hall–Kier alpha value is -3.52. The molecule has 0 aromatic heterocycles. The largest absolute Gasteiger partial charge is 0.507 e. The number of nitrogens with zero attached hydrogens (tertiary/aromatic N) is 2. The number of hydrogen-bond acceptors (Lipinski definition) is 4. The number of nitrogens with one attached hydrogen (secondary N) is 1. The monoisotopic (exact) mass is 452 g/mol. The van der Waals surface area contributed by atoms with Crippen LogP contribution in [0, 0.1) is 12.7 Å². The van der Waals surface area contributed by atoms with Gasteiger partial charge in [0.15, 0.2) is 5.54 Å². The van der Waals surface area contributed by atoms with Gasteiger partial charge in [0.25, 0.3) is 17.6 Å². The van der Waals surface area contributed by atoms with Crippen molar-refractivity contribution in [2.24, 2.45) is 0 Å². The molecule has 8 heteroatoms. The van der Waals surface area contributed by atoms with Crippen LogP contribution in [0.4, 0.5) is 10.1 Å². The molecule has 2 heterocycles. The van der Waals surface area contributed by atoms with Crippen LogP contribution in [0.3, 0.4) is 0 Å². The summed E-state index contributed by atoms with van der Waals surface area (Å²) in [5, 5.41) is 11.3. The smallest absolute Gasteiger partial charge is 0.296 e. The van der Waals surface area contributed by atoms with Gasteiger partial charge in [0.05, 0.1) is 38.4 Å². The highest BCUT2D eigenvalue weighted by Gasteiger charge is 2.67. The first-order valence-electron chi connectivity index (χ1n) is 10.9. The highest BCUT2D eigenvalue weighted by atomic mass is 19.1. The first-order chi connectivity index (χ1) is 15.7. The SMILES string of the molecule is CCN1C(=O)C2(C(=C(O)c3ccc(C)c(F)c3)C(=O)C(=O)N2CC[NH+](C)C)c2ccccc21. The fraction of sp³-hybridized carbons (Fsp3) is 0.320. The molecule has 172 valence electrons. The summed E-state index contributed by atoms with van der Waals surface area (Å²) in [6.45, 7) is 4.31. The van der Waals surface area contributed by atoms with Crippen LogP contribution in [0.5, 0.6) is 0 Å². The highest BCUT2D eigenvalue weighted by Crippen LogP contribution is 2.53. The Morgan fingerprint density at radius 2 is 1.82 bits per heavy atom. The minimum Gasteiger partial charge on any atom is -0.507 e. The minimum absolute atomic E-state index is 0.0361. The molecule has 0 aliphatic carbocycles. The Balaban J connectivity index is 2.06. The second kappa shape index (κ2) is 8.12. The number of likely N-dealkylation sites (tertiary alicyclic amines) is 1. The van der Waals surface area contributed by atoms with Crippen molar-refractivity contribution in [3.8, 4) is 0 Å². The Kier molecular flexibility index (Phi) is 5.57. The molecule has 4 rings (SSSR count). The molecule has 7 nitrogen and oxygen atoms in total. The summed E-state index contributed by atoms with van der Waals surface area (Å²) in [5.41, 5.74) is -0.683. The van der Waals surface area contributed by atoms with Gasteiger partial charge in [-0.1, -0.05) is 30.3 Å². The molecule has 2 N–H and O–H groups in total. The first-order valence-corrected chi connectivity index (χ1v) is 10.9. The van der Waals surface area contributed by atoms with Crippen LogP contribution in [0.15, 0.2) is 48.0 Å². The van der Waals surface area contributed by atoms with E-state index >= 15 is 0 Å². The predicted octanol–water partition coefficient (Wildman–Crippen LogP) is 1.22. The van der Waals surface area contributed by atoms with Crippen LogP contribution in [-0.4, -0.2) is 61.3 Å². The number of aryl methyl sites for hydroxylation is 1. The maximum atomic E-state index is 14.3. The Bertz CT molecular complexity index is 1210. The van der Waals surface area contributed by atoms with Crippen LogP contribution in [0.25, 0.3) is 5.76 Å². The molecule has 2 amide bonds. The zero-order valence-corrected chi connectivity index (χ0v) is 19.1. The number of ketones is 1. The molecule has 2 aliphatic heterocycles. The summed E-state index contributed by atoms with van der Waals surface area (Å²) in [6.07, 6.45) is 0. The maximum absolute atomic E-state index is 14.3. The summed E-state index contributed by atoms with van der Waals surface area (Å²) in [6, 6.07) is 11.0. The van der Waals surface area contributed by atoms with E-state index in [0.717, 1.165) is 11.0 Å². The molecule has 33 heavy (non-hydrogen) atoms. The van der Waals surface area contributed by atoms with Crippen molar-refractivity contribution in [1.29, 1.82) is 0 Å². The number of likely N-dealkylation sites (N-methyl/N-ethyl adjacent to an activating group) is 2. The number of aliphatic hydroxyl groups is 1. The lowest BCUT2D eigenvalue weighted by molar-refractivity contribution is -0.857. The predicted molar refractivity (Wildman–Crippen MR) is 121 cm³/mol. The van der Waals surface area contributed by atoms with E-state index in [1.807, 2.05) is 14.1 Å². The molecule has 1 saturated heterocycles. The summed E-state index contributed by atoms with van der Waals surface area (Å²) in [5.74, 6) is -3.41. The molecule has 2 aromatic rings. The highest BCUT2D eigenvalue weighted by molar-refractivity contribution is 6.50. The van der Waals surface area contributed by atoms with E-state index in [0.29, 0.717) is 29.9 Å². The Morgan fingerprint density at radius 1 is 1.12 bits per heavy atom. The van der Waals surface area contributed by atoms with Gasteiger partial charge in [0.1, 0.15) is 11.6 Å². The number of quaternary nitrogens is 1. The van der Waals surface area contributed by atoms with Crippen molar-refractivity contribution in [3.05, 3.63) is 70.5 Å². The lowest BCUT2D eigenvalue weighted by atomic mass is 9.82. The van der Waals surface area contributed by atoms with Gasteiger partial charge in [-0.2, -0.15) is 0 Å². The number of carbonyl (C=O) groups excluding carboxylic acids is 3. The van der Waals surface area contributed by atoms with Crippen LogP contribution in [0.2, 0.25) is 0 Å². The van der Waals surface area contributed by atoms with E-state index in [4.69, 9.17) is 0 Å². The van der Waals surface area contributed by atoms with E-state index in [9.17, 15) is 23.9 Å². The Morgan fingerprint density at radius 3 is 2.45 bits per heavy atom. The van der Waals surface area contributed by atoms with Crippen molar-refractivity contribution in [2.75, 3.05) is 38.6 Å². The number of anilines is 1. The minimum atomic E-state index is -1.80. The van der Waals surface area contributed by atoms with Gasteiger partial charge in [-0.3, -0.25) is 14.4 Å². The van der Waals surface area contributed by atoms with Gasteiger partial charge >= 0.3 is 0 Å². The van der Waals surface area contributed by atoms with Crippen molar-refractivity contribution in [2.45, 2.75) is 19.4 Å². The summed E-state index contributed by atoms with van der Waals surface area (Å²) < 4.78 is 14.3. The topological polar surface area (TPSA) is 82.4 Å². The number of para-hydroxylation sites is 1. The van der Waals surface area contributed by atoms with Gasteiger partial charge in [0, 0.05) is 17.7 Å². The van der Waals surface area contributed by atoms with Crippen LogP contribution >= 0.6 is 0 Å². The van der Waals surface area contributed by atoms with E-state index < -0.39 is 34.7 Å². The number of carbonyl (C=O) groups is 3. The lowest BCUT2D eigenvalue weighted by Gasteiger charge is -2.34. The Labute approximate surface area is 191 Å². The number of benzene rings is 2. The first kappa shape index (κ1) is 22.7. The van der Waals surface area contributed by atoms with Crippen LogP contribution in [0.1, 0.15) is 23.6 Å². The van der Waals surface area contributed by atoms with Gasteiger partial charge < -0.3 is 19.8 Å². The number of Topliss-reactive ketones (excluding diaryl/α,β-unsaturated/α-hetero) is 1. The van der Waals surface area contributed by atoms with Crippen LogP contribution in [-0.2, 0) is 19.9 Å². The normalized spacial score (nSPS) is 21.6. The maximum Gasteiger partial charge on any atom is 0.296 e. The number of aliphatic hydroxyl groups excluding tert-OH is 1. The van der Waals surface area contributed by atoms with Gasteiger partial charge in [-0.25, -0.2) is 4.39 Å². The zero-order chi connectivity index (χ0) is 24.1. The van der Waals surface area contributed by atoms with Crippen molar-refractivity contribution in [1.82, 2.24) is 4.90 Å². The molecule has 1 fully saturated rings. The van der Waals surface area contributed by atoms with E-state index in [-0.39, 0.29) is 17.7 Å². The second-order valence-corrected chi connectivity index (χ2v) is 8.71. The van der Waals surface area contributed by atoms with Crippen LogP contribution < -0.4 is 9.80 Å². The molecule has 0 bridgehead atoms.